The van der Waals surface area contributed by atoms with E-state index < -0.39 is 10.0 Å². The topological polar surface area (TPSA) is 75.7 Å². The fourth-order valence-corrected chi connectivity index (χ4v) is 5.16. The first kappa shape index (κ1) is 18.1. The number of aryl methyl sites for hydroxylation is 1. The van der Waals surface area contributed by atoms with E-state index in [9.17, 15) is 13.2 Å². The molecule has 1 aliphatic rings. The van der Waals surface area contributed by atoms with Crippen LogP contribution in [0.15, 0.2) is 40.6 Å². The Bertz CT molecular complexity index is 855. The molecule has 1 fully saturated rings. The molecule has 25 heavy (non-hydrogen) atoms. The molecule has 6 nitrogen and oxygen atoms in total. The smallest absolute Gasteiger partial charge is 0.261 e. The van der Waals surface area contributed by atoms with Crippen molar-refractivity contribution in [3.8, 4) is 0 Å². The summed E-state index contributed by atoms with van der Waals surface area (Å²) in [6, 6.07) is 8.67. The summed E-state index contributed by atoms with van der Waals surface area (Å²) in [6.07, 6.45) is 0. The molecular formula is C17H20N2O4S2. The summed E-state index contributed by atoms with van der Waals surface area (Å²) in [4.78, 5) is 13.2. The summed E-state index contributed by atoms with van der Waals surface area (Å²) in [7, 11) is -3.60. The first-order valence-electron chi connectivity index (χ1n) is 7.98. The number of thiophene rings is 1. The van der Waals surface area contributed by atoms with Crippen LogP contribution in [-0.4, -0.2) is 44.9 Å². The average Bonchev–Trinajstić information content (AvgIpc) is 3.07. The highest BCUT2D eigenvalue weighted by Crippen LogP contribution is 2.22. The molecule has 2 heterocycles. The molecule has 1 amide bonds. The summed E-state index contributed by atoms with van der Waals surface area (Å²) in [5.41, 5.74) is 1.49. The largest absolute Gasteiger partial charge is 0.379 e. The minimum absolute atomic E-state index is 0.163. The van der Waals surface area contributed by atoms with Crippen LogP contribution in [-0.2, 0) is 21.3 Å². The van der Waals surface area contributed by atoms with Gasteiger partial charge in [0.2, 0.25) is 10.0 Å². The van der Waals surface area contributed by atoms with Gasteiger partial charge in [-0.05, 0) is 35.6 Å². The summed E-state index contributed by atoms with van der Waals surface area (Å²) in [6.45, 7) is 3.53. The highest BCUT2D eigenvalue weighted by molar-refractivity contribution is 7.89. The van der Waals surface area contributed by atoms with Gasteiger partial charge in [0.15, 0.2) is 0 Å². The fourth-order valence-electron chi connectivity index (χ4n) is 2.69. The van der Waals surface area contributed by atoms with Crippen molar-refractivity contribution in [1.29, 1.82) is 0 Å². The second-order valence-electron chi connectivity index (χ2n) is 5.74. The van der Waals surface area contributed by atoms with Gasteiger partial charge in [-0.2, -0.15) is 4.31 Å². The summed E-state index contributed by atoms with van der Waals surface area (Å²) >= 11 is 1.37. The zero-order valence-corrected chi connectivity index (χ0v) is 15.5. The van der Waals surface area contributed by atoms with Crippen LogP contribution in [0.3, 0.4) is 0 Å². The van der Waals surface area contributed by atoms with Crippen molar-refractivity contribution in [3.63, 3.8) is 0 Å². The van der Waals surface area contributed by atoms with Gasteiger partial charge in [-0.25, -0.2) is 8.42 Å². The number of nitrogens with one attached hydrogen (secondary N) is 1. The van der Waals surface area contributed by atoms with E-state index in [1.54, 1.807) is 24.3 Å². The predicted molar refractivity (Wildman–Crippen MR) is 96.2 cm³/mol. The van der Waals surface area contributed by atoms with Gasteiger partial charge < -0.3 is 10.1 Å². The molecule has 0 saturated carbocycles. The van der Waals surface area contributed by atoms with Crippen molar-refractivity contribution < 1.29 is 17.9 Å². The van der Waals surface area contributed by atoms with Crippen molar-refractivity contribution >= 4 is 27.3 Å². The van der Waals surface area contributed by atoms with E-state index in [2.05, 4.69) is 5.32 Å². The quantitative estimate of drug-likeness (QED) is 0.861. The second kappa shape index (κ2) is 7.65. The number of carbonyl (C=O) groups excluding carboxylic acids is 1. The van der Waals surface area contributed by atoms with Crippen LogP contribution in [0.2, 0.25) is 0 Å². The third kappa shape index (κ3) is 3.92. The Kier molecular flexibility index (Phi) is 5.53. The number of nitrogens with zero attached hydrogens (tertiary/aromatic N) is 1. The van der Waals surface area contributed by atoms with Crippen LogP contribution in [0.5, 0.6) is 0 Å². The van der Waals surface area contributed by atoms with Gasteiger partial charge in [-0.1, -0.05) is 18.2 Å². The normalized spacial score (nSPS) is 15.9. The second-order valence-corrected chi connectivity index (χ2v) is 8.56. The number of hydrogen-bond donors (Lipinski definition) is 1. The van der Waals surface area contributed by atoms with Gasteiger partial charge in [-0.15, -0.1) is 11.3 Å². The molecule has 1 aromatic carbocycles. The van der Waals surface area contributed by atoms with Gasteiger partial charge >= 0.3 is 0 Å². The highest BCUT2D eigenvalue weighted by atomic mass is 32.2. The predicted octanol–water partition coefficient (Wildman–Crippen LogP) is 2.01. The molecule has 0 aliphatic carbocycles. The molecule has 3 rings (SSSR count). The fraction of sp³-hybridized carbons (Fsp3) is 0.353. The Morgan fingerprint density at radius 3 is 2.64 bits per heavy atom. The Morgan fingerprint density at radius 2 is 1.96 bits per heavy atom. The van der Waals surface area contributed by atoms with Crippen molar-refractivity contribution in [2.75, 3.05) is 26.3 Å². The average molecular weight is 380 g/mol. The number of hydrogen-bond acceptors (Lipinski definition) is 5. The van der Waals surface area contributed by atoms with E-state index in [0.29, 0.717) is 36.7 Å². The lowest BCUT2D eigenvalue weighted by Crippen LogP contribution is -2.41. The minimum Gasteiger partial charge on any atom is -0.379 e. The first-order valence-corrected chi connectivity index (χ1v) is 10.3. The standard InChI is InChI=1S/C17H20N2O4S2/c1-13-6-11-24-16(13)17(20)18-12-14-4-2-3-5-15(14)25(21,22)19-7-9-23-10-8-19/h2-6,11H,7-10,12H2,1H3,(H,18,20). The van der Waals surface area contributed by atoms with Gasteiger partial charge in [0.25, 0.3) is 5.91 Å². The summed E-state index contributed by atoms with van der Waals surface area (Å²) in [5, 5.41) is 4.68. The zero-order valence-electron chi connectivity index (χ0n) is 13.9. The maximum atomic E-state index is 12.9. The van der Waals surface area contributed by atoms with Crippen LogP contribution in [0.1, 0.15) is 20.8 Å². The molecule has 0 spiro atoms. The lowest BCUT2D eigenvalue weighted by molar-refractivity contribution is 0.0730. The number of morpholine rings is 1. The molecule has 1 N–H and O–H groups in total. The zero-order chi connectivity index (χ0) is 17.9. The third-order valence-electron chi connectivity index (χ3n) is 4.07. The van der Waals surface area contributed by atoms with Crippen molar-refractivity contribution in [2.24, 2.45) is 0 Å². The maximum Gasteiger partial charge on any atom is 0.261 e. The molecule has 1 aliphatic heterocycles. The monoisotopic (exact) mass is 380 g/mol. The van der Waals surface area contributed by atoms with E-state index in [0.717, 1.165) is 5.56 Å². The van der Waals surface area contributed by atoms with Crippen molar-refractivity contribution in [2.45, 2.75) is 18.4 Å². The van der Waals surface area contributed by atoms with Crippen LogP contribution < -0.4 is 5.32 Å². The molecule has 0 bridgehead atoms. The van der Waals surface area contributed by atoms with E-state index >= 15 is 0 Å². The van der Waals surface area contributed by atoms with Crippen molar-refractivity contribution in [1.82, 2.24) is 9.62 Å². The number of amides is 1. The Hall–Kier alpha value is -1.74. The Morgan fingerprint density at radius 1 is 1.24 bits per heavy atom. The molecule has 2 aromatic rings. The lowest BCUT2D eigenvalue weighted by atomic mass is 10.2. The number of rotatable bonds is 5. The van der Waals surface area contributed by atoms with Gasteiger partial charge in [0.05, 0.1) is 23.0 Å². The van der Waals surface area contributed by atoms with Crippen molar-refractivity contribution in [3.05, 3.63) is 51.7 Å². The molecule has 8 heteroatoms. The van der Waals surface area contributed by atoms with Crippen LogP contribution in [0.25, 0.3) is 0 Å². The molecule has 1 saturated heterocycles. The van der Waals surface area contributed by atoms with Crippen LogP contribution in [0.4, 0.5) is 0 Å². The van der Waals surface area contributed by atoms with Gasteiger partial charge in [0, 0.05) is 19.6 Å². The number of sulfonamides is 1. The SMILES string of the molecule is Cc1ccsc1C(=O)NCc1ccccc1S(=O)(=O)N1CCOCC1. The number of ether oxygens (including phenoxy) is 1. The first-order chi connectivity index (χ1) is 12.0. The third-order valence-corrected chi connectivity index (χ3v) is 7.08. The summed E-state index contributed by atoms with van der Waals surface area (Å²) in [5.74, 6) is -0.189. The van der Waals surface area contributed by atoms with Crippen LogP contribution in [0, 0.1) is 6.92 Å². The molecule has 134 valence electrons. The van der Waals surface area contributed by atoms with E-state index in [1.807, 2.05) is 18.4 Å². The molecule has 1 aromatic heterocycles. The Labute approximate surface area is 151 Å². The van der Waals surface area contributed by atoms with E-state index in [-0.39, 0.29) is 17.3 Å². The lowest BCUT2D eigenvalue weighted by Gasteiger charge is -2.27. The number of benzene rings is 1. The Balaban J connectivity index is 1.79. The van der Waals surface area contributed by atoms with Gasteiger partial charge in [-0.3, -0.25) is 4.79 Å². The minimum atomic E-state index is -3.60. The number of carbonyl (C=O) groups is 1. The molecule has 0 unspecified atom stereocenters. The molecular weight excluding hydrogens is 360 g/mol. The van der Waals surface area contributed by atoms with Crippen LogP contribution >= 0.6 is 11.3 Å². The molecule has 0 atom stereocenters. The highest BCUT2D eigenvalue weighted by Gasteiger charge is 2.28. The molecule has 0 radical (unpaired) electrons. The maximum absolute atomic E-state index is 12.9. The van der Waals surface area contributed by atoms with E-state index in [4.69, 9.17) is 4.74 Å². The summed E-state index contributed by atoms with van der Waals surface area (Å²) < 4.78 is 32.5. The van der Waals surface area contributed by atoms with E-state index in [1.165, 1.54) is 15.6 Å². The van der Waals surface area contributed by atoms with Gasteiger partial charge in [0.1, 0.15) is 0 Å².